The van der Waals surface area contributed by atoms with Gasteiger partial charge in [-0.15, -0.1) is 0 Å². The molecular weight excluding hydrogens is 370 g/mol. The number of halogens is 2. The van der Waals surface area contributed by atoms with Crippen LogP contribution in [0.3, 0.4) is 0 Å². The third kappa shape index (κ3) is 3.50. The second-order valence-corrected chi connectivity index (χ2v) is 5.68. The number of nitrogens with one attached hydrogen (secondary N) is 4. The van der Waals surface area contributed by atoms with Crippen LogP contribution >= 0.6 is 39.1 Å². The van der Waals surface area contributed by atoms with Crippen LogP contribution in [0.5, 0.6) is 0 Å². The van der Waals surface area contributed by atoms with Crippen molar-refractivity contribution in [2.24, 2.45) is 0 Å². The number of hydrogen-bond donors (Lipinski definition) is 4. The number of anilines is 3. The molecule has 0 radical (unpaired) electrons. The summed E-state index contributed by atoms with van der Waals surface area (Å²) in [5, 5.41) is 8.46. The summed E-state index contributed by atoms with van der Waals surface area (Å²) in [7, 11) is 1.46. The van der Waals surface area contributed by atoms with Crippen LogP contribution in [-0.4, -0.2) is 22.4 Å². The number of aromatic nitrogens is 2. The Bertz CT molecular complexity index is 681. The largest absolute Gasteiger partial charge is 0.341 e. The average Bonchev–Trinajstić information content (AvgIpc) is 2.70. The van der Waals surface area contributed by atoms with Crippen molar-refractivity contribution in [2.45, 2.75) is 0 Å². The number of amides is 2. The van der Waals surface area contributed by atoms with Gasteiger partial charge in [0.05, 0.1) is 0 Å². The van der Waals surface area contributed by atoms with Crippen LogP contribution in [-0.2, 0) is 0 Å². The van der Waals surface area contributed by atoms with Gasteiger partial charge in [-0.2, -0.15) is 0 Å². The number of aromatic amines is 1. The van der Waals surface area contributed by atoms with Crippen molar-refractivity contribution >= 4 is 61.6 Å². The van der Waals surface area contributed by atoms with Gasteiger partial charge in [0, 0.05) is 11.5 Å². The summed E-state index contributed by atoms with van der Waals surface area (Å²) in [6.07, 6.45) is 0. The van der Waals surface area contributed by atoms with Gasteiger partial charge in [0.15, 0.2) is 0 Å². The van der Waals surface area contributed by atoms with Crippen molar-refractivity contribution in [3.8, 4) is 0 Å². The highest BCUT2D eigenvalue weighted by atomic mass is 79.9. The summed E-state index contributed by atoms with van der Waals surface area (Å²) in [6, 6.07) is 2.84. The molecule has 0 spiro atoms. The fourth-order valence-corrected chi connectivity index (χ4v) is 2.80. The molecule has 2 heterocycles. The SMILES string of the molecule is CNC(=O)Nc1c(Nc2cc(Br)cc(Cl)n2)s[nH]c1=O. The van der Waals surface area contributed by atoms with Crippen LogP contribution in [0.4, 0.5) is 21.3 Å². The van der Waals surface area contributed by atoms with Crippen molar-refractivity contribution in [1.82, 2.24) is 14.7 Å². The molecule has 4 N–H and O–H groups in total. The van der Waals surface area contributed by atoms with Gasteiger partial charge >= 0.3 is 6.03 Å². The number of nitrogens with zero attached hydrogens (tertiary/aromatic N) is 1. The lowest BCUT2D eigenvalue weighted by molar-refractivity contribution is 0.254. The molecule has 10 heteroatoms. The molecule has 0 saturated carbocycles. The molecule has 106 valence electrons. The van der Waals surface area contributed by atoms with E-state index in [2.05, 4.69) is 41.2 Å². The number of carbonyl (C=O) groups excluding carboxylic acids is 1. The van der Waals surface area contributed by atoms with Crippen LogP contribution in [0.1, 0.15) is 0 Å². The number of hydrogen-bond acceptors (Lipinski definition) is 5. The number of carbonyl (C=O) groups is 1. The third-order valence-electron chi connectivity index (χ3n) is 2.17. The normalized spacial score (nSPS) is 10.2. The molecule has 2 rings (SSSR count). The first-order valence-electron chi connectivity index (χ1n) is 5.30. The molecule has 0 fully saturated rings. The highest BCUT2D eigenvalue weighted by Gasteiger charge is 2.14. The zero-order valence-electron chi connectivity index (χ0n) is 10.1. The van der Waals surface area contributed by atoms with E-state index in [4.69, 9.17) is 11.6 Å². The van der Waals surface area contributed by atoms with Crippen molar-refractivity contribution in [3.63, 3.8) is 0 Å². The summed E-state index contributed by atoms with van der Waals surface area (Å²) in [5.74, 6) is 0.444. The fraction of sp³-hybridized carbons (Fsp3) is 0.100. The molecular formula is C10H9BrClN5O2S. The molecule has 2 aromatic rings. The monoisotopic (exact) mass is 377 g/mol. The molecule has 7 nitrogen and oxygen atoms in total. The molecule has 0 saturated heterocycles. The van der Waals surface area contributed by atoms with E-state index in [1.54, 1.807) is 12.1 Å². The maximum absolute atomic E-state index is 11.6. The van der Waals surface area contributed by atoms with E-state index in [1.807, 2.05) is 0 Å². The minimum absolute atomic E-state index is 0.118. The van der Waals surface area contributed by atoms with E-state index < -0.39 is 11.6 Å². The maximum atomic E-state index is 11.6. The minimum atomic E-state index is -0.489. The molecule has 0 aliphatic heterocycles. The Morgan fingerprint density at radius 2 is 2.25 bits per heavy atom. The van der Waals surface area contributed by atoms with Crippen molar-refractivity contribution in [2.75, 3.05) is 17.7 Å². The van der Waals surface area contributed by atoms with Gasteiger partial charge < -0.3 is 16.0 Å². The molecule has 0 aliphatic rings. The number of H-pyrrole nitrogens is 1. The molecule has 0 atom stereocenters. The highest BCUT2D eigenvalue weighted by molar-refractivity contribution is 9.10. The topological polar surface area (TPSA) is 98.9 Å². The van der Waals surface area contributed by atoms with Crippen LogP contribution < -0.4 is 21.5 Å². The third-order valence-corrected chi connectivity index (χ3v) is 3.62. The van der Waals surface area contributed by atoms with Gasteiger partial charge in [0.2, 0.25) is 0 Å². The Morgan fingerprint density at radius 3 is 2.90 bits per heavy atom. The Hall–Kier alpha value is -1.58. The van der Waals surface area contributed by atoms with Gasteiger partial charge in [-0.25, -0.2) is 9.78 Å². The molecule has 20 heavy (non-hydrogen) atoms. The van der Waals surface area contributed by atoms with E-state index in [9.17, 15) is 9.59 Å². The van der Waals surface area contributed by atoms with Gasteiger partial charge in [-0.1, -0.05) is 27.5 Å². The summed E-state index contributed by atoms with van der Waals surface area (Å²) in [4.78, 5) is 27.0. The lowest BCUT2D eigenvalue weighted by atomic mass is 10.4. The van der Waals surface area contributed by atoms with Crippen molar-refractivity contribution in [1.29, 1.82) is 0 Å². The highest BCUT2D eigenvalue weighted by Crippen LogP contribution is 2.27. The lowest BCUT2D eigenvalue weighted by Gasteiger charge is -2.07. The lowest BCUT2D eigenvalue weighted by Crippen LogP contribution is -2.27. The van der Waals surface area contributed by atoms with Gasteiger partial charge in [-0.3, -0.25) is 9.17 Å². The predicted octanol–water partition coefficient (Wildman–Crippen LogP) is 2.74. The van der Waals surface area contributed by atoms with E-state index in [1.165, 1.54) is 7.05 Å². The Labute approximate surface area is 131 Å². The van der Waals surface area contributed by atoms with Crippen LogP contribution in [0.15, 0.2) is 21.4 Å². The van der Waals surface area contributed by atoms with E-state index >= 15 is 0 Å². The number of pyridine rings is 1. The molecule has 0 bridgehead atoms. The first-order chi connectivity index (χ1) is 9.49. The molecule has 2 aromatic heterocycles. The molecule has 0 aliphatic carbocycles. The van der Waals surface area contributed by atoms with E-state index in [0.717, 1.165) is 16.0 Å². The predicted molar refractivity (Wildman–Crippen MR) is 83.2 cm³/mol. The Kier molecular flexibility index (Phi) is 4.63. The van der Waals surface area contributed by atoms with Gasteiger partial charge in [-0.05, 0) is 23.7 Å². The van der Waals surface area contributed by atoms with E-state index in [0.29, 0.717) is 16.0 Å². The van der Waals surface area contributed by atoms with Crippen molar-refractivity contribution < 1.29 is 4.79 Å². The second kappa shape index (κ2) is 6.25. The summed E-state index contributed by atoms with van der Waals surface area (Å²) < 4.78 is 3.26. The zero-order valence-corrected chi connectivity index (χ0v) is 13.2. The quantitative estimate of drug-likeness (QED) is 0.617. The van der Waals surface area contributed by atoms with E-state index in [-0.39, 0.29) is 5.69 Å². The smallest absolute Gasteiger partial charge is 0.319 e. The molecule has 0 unspecified atom stereocenters. The van der Waals surface area contributed by atoms with Crippen LogP contribution in [0.25, 0.3) is 0 Å². The number of urea groups is 1. The molecule has 2 amide bonds. The second-order valence-electron chi connectivity index (χ2n) is 3.56. The standard InChI is InChI=1S/C10H9BrClN5O2S/c1-13-10(19)16-7-8(18)17-20-9(7)15-6-3-4(11)2-5(12)14-6/h2-3H,1H3,(H,14,15)(H,17,18)(H2,13,16,19). The zero-order chi connectivity index (χ0) is 14.7. The summed E-state index contributed by atoms with van der Waals surface area (Å²) >= 11 is 10.2. The summed E-state index contributed by atoms with van der Waals surface area (Å²) in [5.41, 5.74) is -0.283. The van der Waals surface area contributed by atoms with Gasteiger partial charge in [0.25, 0.3) is 5.56 Å². The van der Waals surface area contributed by atoms with Crippen LogP contribution in [0, 0.1) is 0 Å². The average molecular weight is 379 g/mol. The fourth-order valence-electron chi connectivity index (χ4n) is 1.33. The van der Waals surface area contributed by atoms with Gasteiger partial charge in [0.1, 0.15) is 21.7 Å². The summed E-state index contributed by atoms with van der Waals surface area (Å²) in [6.45, 7) is 0. The van der Waals surface area contributed by atoms with Crippen LogP contribution in [0.2, 0.25) is 5.15 Å². The van der Waals surface area contributed by atoms with Crippen molar-refractivity contribution in [3.05, 3.63) is 32.1 Å². The Balaban J connectivity index is 2.29. The minimum Gasteiger partial charge on any atom is -0.341 e. The molecule has 0 aromatic carbocycles. The number of rotatable bonds is 3. The first-order valence-corrected chi connectivity index (χ1v) is 7.28. The maximum Gasteiger partial charge on any atom is 0.319 e. The first kappa shape index (κ1) is 14.8. The Morgan fingerprint density at radius 1 is 1.50 bits per heavy atom.